The number of rotatable bonds is 6. The normalized spacial score (nSPS) is 21.0. The van der Waals surface area contributed by atoms with Crippen molar-refractivity contribution in [2.24, 2.45) is 5.73 Å². The van der Waals surface area contributed by atoms with E-state index in [4.69, 9.17) is 11.0 Å². The number of imidazole rings is 1. The lowest BCUT2D eigenvalue weighted by molar-refractivity contribution is -0.118. The molecule has 2 heterocycles. The second-order valence-electron chi connectivity index (χ2n) is 7.22. The minimum Gasteiger partial charge on any atom is -0.394 e. The molecule has 0 spiro atoms. The summed E-state index contributed by atoms with van der Waals surface area (Å²) in [6.45, 7) is 1.80. The van der Waals surface area contributed by atoms with Crippen LogP contribution >= 0.6 is 0 Å². The molecule has 1 fully saturated rings. The van der Waals surface area contributed by atoms with Crippen molar-refractivity contribution in [3.8, 4) is 6.07 Å². The van der Waals surface area contributed by atoms with Crippen LogP contribution in [-0.2, 0) is 4.79 Å². The monoisotopic (exact) mass is 381 g/mol. The largest absolute Gasteiger partial charge is 0.394 e. The molecule has 3 rings (SSSR count). The molecule has 8 nitrogen and oxygen atoms in total. The third-order valence-corrected chi connectivity index (χ3v) is 5.07. The van der Waals surface area contributed by atoms with E-state index in [0.717, 1.165) is 37.1 Å². The number of nitrogens with one attached hydrogen (secondary N) is 3. The maximum Gasteiger partial charge on any atom is 0.250 e. The first kappa shape index (κ1) is 19.7. The summed E-state index contributed by atoms with van der Waals surface area (Å²) in [5.41, 5.74) is 7.60. The van der Waals surface area contributed by atoms with Gasteiger partial charge in [-0.05, 0) is 44.7 Å². The van der Waals surface area contributed by atoms with E-state index < -0.39 is 0 Å². The number of aromatic nitrogens is 2. The van der Waals surface area contributed by atoms with Crippen LogP contribution in [0.3, 0.4) is 0 Å². The molecule has 2 aromatic heterocycles. The second-order valence-corrected chi connectivity index (χ2v) is 7.22. The molecule has 0 aromatic carbocycles. The maximum atomic E-state index is 12.4. The standard InChI is InChI=1S/C20H27N7O/c1-13(22)17(11-23-2)20(28)26-15-8-6-14(7-9-15)24-18-4-3-5-19-25-16(10-21)12-27(18)19/h3-5,11-15,23-24H,6-9,22H2,1-2H3,(H,26,28)/b17-11+. The van der Waals surface area contributed by atoms with Gasteiger partial charge in [0.05, 0.1) is 0 Å². The van der Waals surface area contributed by atoms with Gasteiger partial charge in [-0.2, -0.15) is 5.26 Å². The van der Waals surface area contributed by atoms with Crippen LogP contribution in [0.1, 0.15) is 38.3 Å². The van der Waals surface area contributed by atoms with Gasteiger partial charge in [-0.3, -0.25) is 9.20 Å². The molecule has 148 valence electrons. The fraction of sp³-hybridized carbons (Fsp3) is 0.450. The van der Waals surface area contributed by atoms with Gasteiger partial charge in [0, 0.05) is 43.1 Å². The van der Waals surface area contributed by atoms with Gasteiger partial charge in [-0.15, -0.1) is 0 Å². The number of hydrogen-bond donors (Lipinski definition) is 4. The Morgan fingerprint density at radius 2 is 2.07 bits per heavy atom. The van der Waals surface area contributed by atoms with Crippen molar-refractivity contribution in [1.29, 1.82) is 5.26 Å². The summed E-state index contributed by atoms with van der Waals surface area (Å²) in [4.78, 5) is 16.7. The van der Waals surface area contributed by atoms with Crippen LogP contribution in [0.15, 0.2) is 36.2 Å². The number of carbonyl (C=O) groups excluding carboxylic acids is 1. The molecule has 0 radical (unpaired) electrons. The summed E-state index contributed by atoms with van der Waals surface area (Å²) in [5, 5.41) is 18.6. The summed E-state index contributed by atoms with van der Waals surface area (Å²) in [7, 11) is 1.76. The molecular formula is C20H27N7O. The summed E-state index contributed by atoms with van der Waals surface area (Å²) < 4.78 is 1.91. The van der Waals surface area contributed by atoms with Crippen LogP contribution in [0, 0.1) is 11.3 Å². The molecule has 0 saturated heterocycles. The molecule has 1 atom stereocenters. The number of hydrogen-bond acceptors (Lipinski definition) is 6. The zero-order valence-corrected chi connectivity index (χ0v) is 16.3. The van der Waals surface area contributed by atoms with Crippen LogP contribution in [0.2, 0.25) is 0 Å². The number of nitrogens with zero attached hydrogens (tertiary/aromatic N) is 3. The van der Waals surface area contributed by atoms with E-state index in [-0.39, 0.29) is 18.0 Å². The molecule has 1 aliphatic carbocycles. The number of fused-ring (bicyclic) bond motifs is 1. The van der Waals surface area contributed by atoms with Gasteiger partial charge < -0.3 is 21.7 Å². The number of carbonyl (C=O) groups is 1. The highest BCUT2D eigenvalue weighted by atomic mass is 16.1. The van der Waals surface area contributed by atoms with Crippen molar-refractivity contribution < 1.29 is 4.79 Å². The number of pyridine rings is 1. The van der Waals surface area contributed by atoms with Crippen LogP contribution in [-0.4, -0.2) is 40.5 Å². The third-order valence-electron chi connectivity index (χ3n) is 5.07. The second kappa shape index (κ2) is 8.76. The van der Waals surface area contributed by atoms with Crippen molar-refractivity contribution in [3.63, 3.8) is 0 Å². The van der Waals surface area contributed by atoms with E-state index in [1.54, 1.807) is 26.4 Å². The fourth-order valence-corrected chi connectivity index (χ4v) is 3.60. The Morgan fingerprint density at radius 1 is 1.36 bits per heavy atom. The summed E-state index contributed by atoms with van der Waals surface area (Å²) in [6, 6.07) is 8.02. The molecule has 5 N–H and O–H groups in total. The van der Waals surface area contributed by atoms with E-state index in [9.17, 15) is 4.79 Å². The lowest BCUT2D eigenvalue weighted by atomic mass is 9.90. The minimum absolute atomic E-state index is 0.104. The van der Waals surface area contributed by atoms with Gasteiger partial charge in [0.25, 0.3) is 0 Å². The molecule has 28 heavy (non-hydrogen) atoms. The Morgan fingerprint density at radius 3 is 2.71 bits per heavy atom. The van der Waals surface area contributed by atoms with Gasteiger partial charge in [0.2, 0.25) is 5.91 Å². The van der Waals surface area contributed by atoms with Crippen molar-refractivity contribution >= 4 is 17.4 Å². The van der Waals surface area contributed by atoms with E-state index >= 15 is 0 Å². The van der Waals surface area contributed by atoms with E-state index in [2.05, 4.69) is 27.0 Å². The Bertz CT molecular complexity index is 901. The van der Waals surface area contributed by atoms with Gasteiger partial charge in [0.15, 0.2) is 5.69 Å². The fourth-order valence-electron chi connectivity index (χ4n) is 3.60. The highest BCUT2D eigenvalue weighted by molar-refractivity contribution is 5.94. The van der Waals surface area contributed by atoms with Crippen molar-refractivity contribution in [2.75, 3.05) is 12.4 Å². The first-order chi connectivity index (χ1) is 13.5. The molecule has 1 aliphatic rings. The Labute approximate surface area is 164 Å². The number of nitrogens with two attached hydrogens (primary N) is 1. The molecule has 1 saturated carbocycles. The average Bonchev–Trinajstić information content (AvgIpc) is 3.11. The first-order valence-corrected chi connectivity index (χ1v) is 9.60. The van der Waals surface area contributed by atoms with Gasteiger partial charge in [-0.1, -0.05) is 6.07 Å². The number of amides is 1. The quantitative estimate of drug-likeness (QED) is 0.563. The van der Waals surface area contributed by atoms with E-state index in [1.807, 2.05) is 22.6 Å². The van der Waals surface area contributed by atoms with E-state index in [0.29, 0.717) is 17.3 Å². The third kappa shape index (κ3) is 4.43. The zero-order valence-electron chi connectivity index (χ0n) is 16.3. The topological polar surface area (TPSA) is 120 Å². The Hall–Kier alpha value is -3.05. The SMILES string of the molecule is CN/C=C(/C(=O)NC1CCC(Nc2cccc3nc(C#N)cn23)CC1)C(C)N. The molecule has 0 bridgehead atoms. The summed E-state index contributed by atoms with van der Waals surface area (Å²) >= 11 is 0. The molecule has 2 aromatic rings. The smallest absolute Gasteiger partial charge is 0.250 e. The first-order valence-electron chi connectivity index (χ1n) is 9.60. The van der Waals surface area contributed by atoms with Crippen LogP contribution in [0.5, 0.6) is 0 Å². The highest BCUT2D eigenvalue weighted by Gasteiger charge is 2.24. The molecule has 8 heteroatoms. The van der Waals surface area contributed by atoms with Crippen LogP contribution in [0.4, 0.5) is 5.82 Å². The average molecular weight is 381 g/mol. The molecular weight excluding hydrogens is 354 g/mol. The maximum absolute atomic E-state index is 12.4. The summed E-state index contributed by atoms with van der Waals surface area (Å²) in [6.07, 6.45) is 7.10. The van der Waals surface area contributed by atoms with Crippen molar-refractivity contribution in [1.82, 2.24) is 20.0 Å². The van der Waals surface area contributed by atoms with Crippen molar-refractivity contribution in [2.45, 2.75) is 50.7 Å². The Kier molecular flexibility index (Phi) is 6.16. The predicted octanol–water partition coefficient (Wildman–Crippen LogP) is 1.50. The van der Waals surface area contributed by atoms with Crippen LogP contribution in [0.25, 0.3) is 5.65 Å². The van der Waals surface area contributed by atoms with Crippen molar-refractivity contribution in [3.05, 3.63) is 41.9 Å². The minimum atomic E-state index is -0.320. The lowest BCUT2D eigenvalue weighted by Gasteiger charge is -2.30. The highest BCUT2D eigenvalue weighted by Crippen LogP contribution is 2.23. The van der Waals surface area contributed by atoms with Crippen LogP contribution < -0.4 is 21.7 Å². The number of anilines is 1. The van der Waals surface area contributed by atoms with Gasteiger partial charge >= 0.3 is 0 Å². The summed E-state index contributed by atoms with van der Waals surface area (Å²) in [5.74, 6) is 0.822. The van der Waals surface area contributed by atoms with E-state index in [1.165, 1.54) is 0 Å². The lowest BCUT2D eigenvalue weighted by Crippen LogP contribution is -2.43. The van der Waals surface area contributed by atoms with Gasteiger partial charge in [-0.25, -0.2) is 4.98 Å². The molecule has 1 amide bonds. The number of nitriles is 1. The molecule has 0 aliphatic heterocycles. The van der Waals surface area contributed by atoms with Gasteiger partial charge in [0.1, 0.15) is 17.5 Å². The predicted molar refractivity (Wildman–Crippen MR) is 109 cm³/mol. The zero-order chi connectivity index (χ0) is 20.1. The molecule has 1 unspecified atom stereocenters. The Balaban J connectivity index is 1.58.